The van der Waals surface area contributed by atoms with Gasteiger partial charge in [0.25, 0.3) is 0 Å². The topological polar surface area (TPSA) is 96.3 Å². The lowest BCUT2D eigenvalue weighted by Gasteiger charge is -2.46. The van der Waals surface area contributed by atoms with Gasteiger partial charge in [-0.2, -0.15) is 0 Å². The second kappa shape index (κ2) is 11.9. The average molecular weight is 474 g/mol. The zero-order valence-electron chi connectivity index (χ0n) is 21.8. The molecule has 0 aromatic rings. The van der Waals surface area contributed by atoms with Gasteiger partial charge in [0.15, 0.2) is 0 Å². The monoisotopic (exact) mass is 473 g/mol. The minimum absolute atomic E-state index is 0.0588. The van der Waals surface area contributed by atoms with Crippen molar-refractivity contribution in [3.63, 3.8) is 0 Å². The van der Waals surface area contributed by atoms with Crippen molar-refractivity contribution in [1.29, 1.82) is 0 Å². The Hall–Kier alpha value is -0.963. The Kier molecular flexibility index (Phi) is 10.9. The van der Waals surface area contributed by atoms with Crippen molar-refractivity contribution >= 4 is 20.3 Å². The number of hydrogen-bond acceptors (Lipinski definition) is 6. The zero-order chi connectivity index (χ0) is 25.0. The maximum Gasteiger partial charge on any atom is 0.416 e. The number of aliphatic hydroxyl groups is 2. The zero-order valence-corrected chi connectivity index (χ0v) is 22.8. The molecule has 5 atom stereocenters. The molecule has 0 aliphatic carbocycles. The van der Waals surface area contributed by atoms with Gasteiger partial charge in [0.2, 0.25) is 14.2 Å². The molecule has 1 aliphatic rings. The van der Waals surface area contributed by atoms with E-state index in [1.54, 1.807) is 6.92 Å². The van der Waals surface area contributed by atoms with Crippen LogP contribution in [0.2, 0.25) is 16.6 Å². The molecule has 2 N–H and O–H groups in total. The summed E-state index contributed by atoms with van der Waals surface area (Å²) in [5, 5.41) is 20.9. The first-order valence-corrected chi connectivity index (χ1v) is 14.3. The lowest BCUT2D eigenvalue weighted by molar-refractivity contribution is -0.139. The van der Waals surface area contributed by atoms with Crippen LogP contribution in [0.4, 0.5) is 4.79 Å². The third-order valence-corrected chi connectivity index (χ3v) is 13.5. The quantitative estimate of drug-likeness (QED) is 0.403. The predicted octanol–water partition coefficient (Wildman–Crippen LogP) is 4.57. The molecule has 0 unspecified atom stereocenters. The summed E-state index contributed by atoms with van der Waals surface area (Å²) in [4.78, 5) is 26.6. The molecule has 0 aromatic carbocycles. The Morgan fingerprint density at radius 1 is 1.06 bits per heavy atom. The van der Waals surface area contributed by atoms with Crippen molar-refractivity contribution in [1.82, 2.24) is 4.90 Å². The number of nitrogens with zero attached hydrogens (tertiary/aromatic N) is 1. The fourth-order valence-corrected chi connectivity index (χ4v) is 11.1. The summed E-state index contributed by atoms with van der Waals surface area (Å²) >= 11 is 0. The number of carbonyl (C=O) groups is 2. The molecule has 1 rings (SSSR count). The van der Waals surface area contributed by atoms with Crippen molar-refractivity contribution in [2.75, 3.05) is 13.2 Å². The number of rotatable bonds is 12. The summed E-state index contributed by atoms with van der Waals surface area (Å²) in [5.41, 5.74) is 1.08. The second-order valence-corrected chi connectivity index (χ2v) is 16.1. The van der Waals surface area contributed by atoms with Crippen LogP contribution >= 0.6 is 0 Å². The molecule has 188 valence electrons. The van der Waals surface area contributed by atoms with Crippen LogP contribution in [0.5, 0.6) is 0 Å². The minimum atomic E-state index is -2.25. The molecule has 8 heteroatoms. The Morgan fingerprint density at radius 3 is 1.97 bits per heavy atom. The van der Waals surface area contributed by atoms with Gasteiger partial charge >= 0.3 is 6.09 Å². The fraction of sp³-hybridized carbons (Fsp3) is 0.917. The first-order chi connectivity index (χ1) is 14.7. The molecule has 1 aliphatic heterocycles. The van der Waals surface area contributed by atoms with Crippen LogP contribution in [0.1, 0.15) is 75.7 Å². The number of cyclic esters (lactones) is 1. The van der Waals surface area contributed by atoms with Crippen molar-refractivity contribution < 1.29 is 29.0 Å². The standard InChI is InChI=1S/C24H47NO6Si/c1-14(2)20-13-30-24(29)25(20)23(28)19(10)22(27)18(9)21(11-12-26)31-32(15(3)4,16(5)6)17(7)8/h14-22,26-27H,11-13H2,1-10H3/t18-,19+,20-,21+,22-/m0/s1. The molecule has 1 fully saturated rings. The number of ether oxygens (including phenoxy) is 1. The van der Waals surface area contributed by atoms with E-state index in [0.717, 1.165) is 0 Å². The van der Waals surface area contributed by atoms with E-state index in [0.29, 0.717) is 23.0 Å². The van der Waals surface area contributed by atoms with Gasteiger partial charge in [-0.15, -0.1) is 0 Å². The van der Waals surface area contributed by atoms with Crippen molar-refractivity contribution in [3.05, 3.63) is 0 Å². The van der Waals surface area contributed by atoms with Crippen molar-refractivity contribution in [2.45, 2.75) is 111 Å². The van der Waals surface area contributed by atoms with E-state index in [2.05, 4.69) is 41.5 Å². The van der Waals surface area contributed by atoms with Gasteiger partial charge in [-0.3, -0.25) is 4.79 Å². The predicted molar refractivity (Wildman–Crippen MR) is 129 cm³/mol. The SMILES string of the molecule is CC(C)[C@@H]1COC(=O)N1C(=O)[C@H](C)[C@@H](O)[C@@H](C)[C@@H](CCO)O[Si](C(C)C)(C(C)C)C(C)C. The molecule has 1 heterocycles. The van der Waals surface area contributed by atoms with E-state index in [9.17, 15) is 19.8 Å². The highest BCUT2D eigenvalue weighted by molar-refractivity contribution is 6.77. The van der Waals surface area contributed by atoms with E-state index in [1.807, 2.05) is 20.8 Å². The van der Waals surface area contributed by atoms with Crippen molar-refractivity contribution in [3.8, 4) is 0 Å². The minimum Gasteiger partial charge on any atom is -0.447 e. The molecule has 0 bridgehead atoms. The third-order valence-electron chi connectivity index (χ3n) is 7.42. The average Bonchev–Trinajstić information content (AvgIpc) is 3.09. The lowest BCUT2D eigenvalue weighted by atomic mass is 9.87. The maximum absolute atomic E-state index is 13.2. The van der Waals surface area contributed by atoms with Gasteiger partial charge in [-0.25, -0.2) is 9.69 Å². The number of carbonyl (C=O) groups excluding carboxylic acids is 2. The van der Waals surface area contributed by atoms with Crippen LogP contribution in [0, 0.1) is 17.8 Å². The molecule has 1 saturated heterocycles. The van der Waals surface area contributed by atoms with Crippen LogP contribution in [0.15, 0.2) is 0 Å². The fourth-order valence-electron chi connectivity index (χ4n) is 5.45. The van der Waals surface area contributed by atoms with Crippen LogP contribution in [0.25, 0.3) is 0 Å². The van der Waals surface area contributed by atoms with E-state index < -0.39 is 32.3 Å². The van der Waals surface area contributed by atoms with Crippen LogP contribution in [-0.2, 0) is 14.0 Å². The molecule has 0 spiro atoms. The van der Waals surface area contributed by atoms with Gasteiger partial charge in [0, 0.05) is 12.5 Å². The largest absolute Gasteiger partial charge is 0.447 e. The lowest BCUT2D eigenvalue weighted by Crippen LogP contribution is -2.54. The first kappa shape index (κ1) is 29.1. The van der Waals surface area contributed by atoms with E-state index >= 15 is 0 Å². The van der Waals surface area contributed by atoms with Gasteiger partial charge < -0.3 is 19.4 Å². The van der Waals surface area contributed by atoms with Gasteiger partial charge in [0.05, 0.1) is 24.2 Å². The molecular weight excluding hydrogens is 426 g/mol. The summed E-state index contributed by atoms with van der Waals surface area (Å²) in [6.45, 7) is 20.7. The van der Waals surface area contributed by atoms with E-state index in [1.165, 1.54) is 4.90 Å². The number of amides is 2. The normalized spacial score (nSPS) is 21.4. The maximum atomic E-state index is 13.2. The molecule has 0 saturated carbocycles. The Morgan fingerprint density at radius 2 is 1.56 bits per heavy atom. The third kappa shape index (κ3) is 5.93. The Bertz CT molecular complexity index is 602. The highest BCUT2D eigenvalue weighted by atomic mass is 28.4. The van der Waals surface area contributed by atoms with Crippen LogP contribution in [-0.4, -0.2) is 66.9 Å². The van der Waals surface area contributed by atoms with Crippen LogP contribution in [0.3, 0.4) is 0 Å². The highest BCUT2D eigenvalue weighted by Crippen LogP contribution is 2.44. The molecule has 2 amide bonds. The molecule has 0 radical (unpaired) electrons. The number of aliphatic hydroxyl groups excluding tert-OH is 2. The van der Waals surface area contributed by atoms with Crippen molar-refractivity contribution in [2.24, 2.45) is 17.8 Å². The first-order valence-electron chi connectivity index (χ1n) is 12.2. The number of hydrogen-bond donors (Lipinski definition) is 2. The van der Waals surface area contributed by atoms with Crippen LogP contribution < -0.4 is 0 Å². The Balaban J connectivity index is 3.14. The summed E-state index contributed by atoms with van der Waals surface area (Å²) in [6, 6.07) is -0.327. The van der Waals surface area contributed by atoms with Gasteiger partial charge in [-0.05, 0) is 29.0 Å². The molecule has 0 aromatic heterocycles. The smallest absolute Gasteiger partial charge is 0.416 e. The van der Waals surface area contributed by atoms with E-state index in [4.69, 9.17) is 9.16 Å². The molecule has 7 nitrogen and oxygen atoms in total. The summed E-state index contributed by atoms with van der Waals surface area (Å²) in [7, 11) is -2.25. The Labute approximate surface area is 196 Å². The second-order valence-electron chi connectivity index (χ2n) is 10.7. The molecular formula is C24H47NO6Si. The summed E-state index contributed by atoms with van der Waals surface area (Å²) in [5.74, 6) is -1.55. The van der Waals surface area contributed by atoms with Gasteiger partial charge in [-0.1, -0.05) is 69.2 Å². The number of imide groups is 1. The van der Waals surface area contributed by atoms with E-state index in [-0.39, 0.29) is 37.2 Å². The molecule has 32 heavy (non-hydrogen) atoms. The highest BCUT2D eigenvalue weighted by Gasteiger charge is 2.49. The summed E-state index contributed by atoms with van der Waals surface area (Å²) in [6.07, 6.45) is -1.65. The van der Waals surface area contributed by atoms with Gasteiger partial charge in [0.1, 0.15) is 6.61 Å². The summed E-state index contributed by atoms with van der Waals surface area (Å²) < 4.78 is 12.0.